The van der Waals surface area contributed by atoms with Gasteiger partial charge in [-0.1, -0.05) is 0 Å². The fourth-order valence-corrected chi connectivity index (χ4v) is 2.83. The summed E-state index contributed by atoms with van der Waals surface area (Å²) in [4.78, 5) is 23.3. The lowest BCUT2D eigenvalue weighted by Crippen LogP contribution is -2.37. The van der Waals surface area contributed by atoms with E-state index in [1.165, 1.54) is 0 Å². The molecule has 0 spiro atoms. The fraction of sp³-hybridized carbons (Fsp3) is 0.357. The summed E-state index contributed by atoms with van der Waals surface area (Å²) in [5.41, 5.74) is 2.42. The van der Waals surface area contributed by atoms with Crippen LogP contribution in [0.5, 0.6) is 0 Å². The number of nitrogens with zero attached hydrogens (tertiary/aromatic N) is 7. The maximum absolute atomic E-state index is 12.3. The Morgan fingerprint density at radius 2 is 2.18 bits per heavy atom. The molecule has 3 aromatic rings. The van der Waals surface area contributed by atoms with Crippen molar-refractivity contribution >= 4 is 11.5 Å². The van der Waals surface area contributed by atoms with Gasteiger partial charge in [-0.05, 0) is 13.3 Å². The van der Waals surface area contributed by atoms with E-state index in [0.717, 1.165) is 23.6 Å². The van der Waals surface area contributed by atoms with Gasteiger partial charge in [0.15, 0.2) is 5.82 Å². The Labute approximate surface area is 126 Å². The molecule has 22 heavy (non-hydrogen) atoms. The van der Waals surface area contributed by atoms with Crippen LogP contribution in [0.2, 0.25) is 0 Å². The summed E-state index contributed by atoms with van der Waals surface area (Å²) in [6, 6.07) is 0. The standard InChI is InChI=1S/C14H15N7O/c1-2-19-8-16-11-7-20(5-3-10(11)14(19)22)12-13-18-17-9-21(13)6-4-15-12/h4,6,8-9H,2-3,5,7H2,1H3. The molecule has 0 saturated carbocycles. The minimum Gasteiger partial charge on any atom is -0.347 e. The van der Waals surface area contributed by atoms with Gasteiger partial charge in [-0.25, -0.2) is 9.97 Å². The third-order valence-electron chi connectivity index (χ3n) is 4.03. The van der Waals surface area contributed by atoms with Gasteiger partial charge in [-0.15, -0.1) is 10.2 Å². The Bertz CT molecular complexity index is 898. The molecule has 0 aliphatic carbocycles. The molecule has 4 rings (SSSR count). The molecule has 112 valence electrons. The molecule has 0 atom stereocenters. The molecule has 0 radical (unpaired) electrons. The summed E-state index contributed by atoms with van der Waals surface area (Å²) in [6.07, 6.45) is 7.48. The highest BCUT2D eigenvalue weighted by Crippen LogP contribution is 2.22. The summed E-state index contributed by atoms with van der Waals surface area (Å²) >= 11 is 0. The topological polar surface area (TPSA) is 81.2 Å². The average Bonchev–Trinajstić information content (AvgIpc) is 3.03. The van der Waals surface area contributed by atoms with Crippen LogP contribution in [0, 0.1) is 0 Å². The Balaban J connectivity index is 1.75. The normalized spacial score (nSPS) is 14.3. The number of hydrogen-bond acceptors (Lipinski definition) is 6. The minimum atomic E-state index is 0.0702. The summed E-state index contributed by atoms with van der Waals surface area (Å²) in [7, 11) is 0. The molecular formula is C14H15N7O. The van der Waals surface area contributed by atoms with E-state index in [9.17, 15) is 4.79 Å². The number of fused-ring (bicyclic) bond motifs is 2. The lowest BCUT2D eigenvalue weighted by molar-refractivity contribution is 0.634. The molecule has 0 N–H and O–H groups in total. The molecule has 0 saturated heterocycles. The van der Waals surface area contributed by atoms with E-state index >= 15 is 0 Å². The van der Waals surface area contributed by atoms with Gasteiger partial charge in [0, 0.05) is 31.0 Å². The van der Waals surface area contributed by atoms with E-state index in [4.69, 9.17) is 0 Å². The van der Waals surface area contributed by atoms with E-state index in [1.54, 1.807) is 23.4 Å². The summed E-state index contributed by atoms with van der Waals surface area (Å²) < 4.78 is 3.48. The predicted octanol–water partition coefficient (Wildman–Crippen LogP) is 0.264. The first-order valence-electron chi connectivity index (χ1n) is 7.24. The van der Waals surface area contributed by atoms with Crippen LogP contribution in [0.3, 0.4) is 0 Å². The lowest BCUT2D eigenvalue weighted by atomic mass is 10.1. The highest BCUT2D eigenvalue weighted by atomic mass is 16.1. The van der Waals surface area contributed by atoms with Crippen LogP contribution in [0.1, 0.15) is 18.2 Å². The molecule has 3 aromatic heterocycles. The second-order valence-electron chi connectivity index (χ2n) is 5.25. The van der Waals surface area contributed by atoms with Gasteiger partial charge in [0.05, 0.1) is 18.6 Å². The number of anilines is 1. The zero-order valence-corrected chi connectivity index (χ0v) is 12.2. The quantitative estimate of drug-likeness (QED) is 0.675. The number of rotatable bonds is 2. The van der Waals surface area contributed by atoms with E-state index in [-0.39, 0.29) is 5.56 Å². The molecular weight excluding hydrogens is 282 g/mol. The van der Waals surface area contributed by atoms with E-state index in [2.05, 4.69) is 25.1 Å². The SMILES string of the molecule is CCn1cnc2c(c1=O)CCN(c1nccn3cnnc13)C2. The highest BCUT2D eigenvalue weighted by Gasteiger charge is 2.23. The van der Waals surface area contributed by atoms with Gasteiger partial charge in [-0.3, -0.25) is 13.8 Å². The molecule has 1 aliphatic rings. The van der Waals surface area contributed by atoms with Gasteiger partial charge in [-0.2, -0.15) is 0 Å². The average molecular weight is 297 g/mol. The maximum Gasteiger partial charge on any atom is 0.256 e. The van der Waals surface area contributed by atoms with Crippen molar-refractivity contribution in [2.24, 2.45) is 0 Å². The van der Waals surface area contributed by atoms with Gasteiger partial charge in [0.1, 0.15) is 6.33 Å². The third kappa shape index (κ3) is 1.87. The fourth-order valence-electron chi connectivity index (χ4n) is 2.83. The molecule has 1 aliphatic heterocycles. The van der Waals surface area contributed by atoms with E-state index < -0.39 is 0 Å². The monoisotopic (exact) mass is 297 g/mol. The van der Waals surface area contributed by atoms with Crippen LogP contribution in [-0.4, -0.2) is 35.7 Å². The van der Waals surface area contributed by atoms with Crippen LogP contribution in [0.4, 0.5) is 5.82 Å². The Kier molecular flexibility index (Phi) is 2.88. The van der Waals surface area contributed by atoms with Crippen LogP contribution >= 0.6 is 0 Å². The van der Waals surface area contributed by atoms with Crippen molar-refractivity contribution in [1.82, 2.24) is 29.1 Å². The number of hydrogen-bond donors (Lipinski definition) is 0. The molecule has 0 amide bonds. The van der Waals surface area contributed by atoms with Crippen LogP contribution < -0.4 is 10.5 Å². The highest BCUT2D eigenvalue weighted by molar-refractivity contribution is 5.63. The molecule has 0 aromatic carbocycles. The third-order valence-corrected chi connectivity index (χ3v) is 4.03. The lowest BCUT2D eigenvalue weighted by Gasteiger charge is -2.28. The van der Waals surface area contributed by atoms with Crippen molar-refractivity contribution in [3.8, 4) is 0 Å². The summed E-state index contributed by atoms with van der Waals surface area (Å²) in [5.74, 6) is 0.770. The summed E-state index contributed by atoms with van der Waals surface area (Å²) in [6.45, 7) is 3.87. The Morgan fingerprint density at radius 1 is 1.27 bits per heavy atom. The Hall–Kier alpha value is -2.77. The summed E-state index contributed by atoms with van der Waals surface area (Å²) in [5, 5.41) is 8.03. The second-order valence-corrected chi connectivity index (χ2v) is 5.25. The maximum atomic E-state index is 12.3. The number of aryl methyl sites for hydroxylation is 1. The van der Waals surface area contributed by atoms with Crippen molar-refractivity contribution in [1.29, 1.82) is 0 Å². The van der Waals surface area contributed by atoms with Gasteiger partial charge >= 0.3 is 0 Å². The first-order chi connectivity index (χ1) is 10.8. The first kappa shape index (κ1) is 12.9. The second kappa shape index (κ2) is 4.90. The molecule has 0 fully saturated rings. The van der Waals surface area contributed by atoms with Gasteiger partial charge < -0.3 is 4.90 Å². The first-order valence-corrected chi connectivity index (χ1v) is 7.24. The van der Waals surface area contributed by atoms with Crippen molar-refractivity contribution in [2.75, 3.05) is 11.4 Å². The molecule has 0 bridgehead atoms. The largest absolute Gasteiger partial charge is 0.347 e. The van der Waals surface area contributed by atoms with Crippen molar-refractivity contribution < 1.29 is 0 Å². The van der Waals surface area contributed by atoms with Crippen molar-refractivity contribution in [3.63, 3.8) is 0 Å². The zero-order chi connectivity index (χ0) is 15.1. The van der Waals surface area contributed by atoms with Gasteiger partial charge in [0.2, 0.25) is 5.65 Å². The smallest absolute Gasteiger partial charge is 0.256 e. The Morgan fingerprint density at radius 3 is 3.05 bits per heavy atom. The van der Waals surface area contributed by atoms with Crippen molar-refractivity contribution in [2.45, 2.75) is 26.4 Å². The molecule has 8 nitrogen and oxygen atoms in total. The minimum absolute atomic E-state index is 0.0702. The van der Waals surface area contributed by atoms with E-state index in [1.807, 2.05) is 17.5 Å². The van der Waals surface area contributed by atoms with Crippen LogP contribution in [-0.2, 0) is 19.5 Å². The zero-order valence-electron chi connectivity index (χ0n) is 12.2. The van der Waals surface area contributed by atoms with Crippen LogP contribution in [0.15, 0.2) is 29.8 Å². The predicted molar refractivity (Wildman–Crippen MR) is 79.7 cm³/mol. The van der Waals surface area contributed by atoms with Crippen LogP contribution in [0.25, 0.3) is 5.65 Å². The molecule has 0 unspecified atom stereocenters. The molecule has 8 heteroatoms. The number of aromatic nitrogens is 6. The van der Waals surface area contributed by atoms with E-state index in [0.29, 0.717) is 25.2 Å². The van der Waals surface area contributed by atoms with Crippen molar-refractivity contribution in [3.05, 3.63) is 46.7 Å². The van der Waals surface area contributed by atoms with Gasteiger partial charge in [0.25, 0.3) is 5.56 Å². The molecule has 4 heterocycles.